The Bertz CT molecular complexity index is 1270. The first kappa shape index (κ1) is 23.0. The highest BCUT2D eigenvalue weighted by atomic mass is 16.3. The number of nitrogens with one attached hydrogen (secondary N) is 1. The van der Waals surface area contributed by atoms with Gasteiger partial charge in [-0.1, -0.05) is 30.3 Å². The average Bonchev–Trinajstić information content (AvgIpc) is 3.30. The van der Waals surface area contributed by atoms with Gasteiger partial charge in [0.1, 0.15) is 11.6 Å². The highest BCUT2D eigenvalue weighted by Crippen LogP contribution is 2.29. The van der Waals surface area contributed by atoms with Crippen molar-refractivity contribution in [1.29, 1.82) is 0 Å². The van der Waals surface area contributed by atoms with Gasteiger partial charge < -0.3 is 24.8 Å². The minimum atomic E-state index is 0.0549. The summed E-state index contributed by atoms with van der Waals surface area (Å²) in [7, 11) is 2.12. The van der Waals surface area contributed by atoms with Crippen LogP contribution in [0.1, 0.15) is 22.6 Å². The van der Waals surface area contributed by atoms with E-state index in [9.17, 15) is 5.11 Å². The number of aliphatic hydroxyl groups excluding tert-OH is 1. The highest BCUT2D eigenvalue weighted by Gasteiger charge is 2.24. The van der Waals surface area contributed by atoms with Crippen LogP contribution in [0.4, 0.5) is 17.5 Å². The Hall–Kier alpha value is -3.75. The van der Waals surface area contributed by atoms with Crippen molar-refractivity contribution in [1.82, 2.24) is 24.4 Å². The van der Waals surface area contributed by atoms with Crippen LogP contribution in [0.25, 0.3) is 5.69 Å². The predicted molar refractivity (Wildman–Crippen MR) is 138 cm³/mol. The number of hydrogen-bond acceptors (Lipinski definition) is 7. The fourth-order valence-corrected chi connectivity index (χ4v) is 4.52. The second-order valence-corrected chi connectivity index (χ2v) is 8.93. The number of hydrogen-bond donors (Lipinski definition) is 2. The topological polar surface area (TPSA) is 82.3 Å². The van der Waals surface area contributed by atoms with E-state index in [-0.39, 0.29) is 6.61 Å². The monoisotopic (exact) mass is 469 g/mol. The number of rotatable bonds is 8. The van der Waals surface area contributed by atoms with E-state index >= 15 is 0 Å². The second kappa shape index (κ2) is 10.2. The number of aliphatic hydroxyl groups is 1. The van der Waals surface area contributed by atoms with Crippen molar-refractivity contribution in [3.05, 3.63) is 89.6 Å². The summed E-state index contributed by atoms with van der Waals surface area (Å²) in [6.07, 6.45) is 4.62. The van der Waals surface area contributed by atoms with E-state index in [0.29, 0.717) is 19.0 Å². The van der Waals surface area contributed by atoms with Crippen LogP contribution in [0.5, 0.6) is 0 Å². The molecule has 8 heteroatoms. The van der Waals surface area contributed by atoms with Crippen LogP contribution in [0.15, 0.2) is 67.0 Å². The molecule has 0 bridgehead atoms. The molecule has 0 atom stereocenters. The van der Waals surface area contributed by atoms with Crippen molar-refractivity contribution in [3.63, 3.8) is 0 Å². The maximum absolute atomic E-state index is 9.84. The minimum Gasteiger partial charge on any atom is -0.395 e. The van der Waals surface area contributed by atoms with Gasteiger partial charge in [0.05, 0.1) is 12.3 Å². The lowest BCUT2D eigenvalue weighted by molar-refractivity contribution is 0.298. The molecule has 3 heterocycles. The summed E-state index contributed by atoms with van der Waals surface area (Å²) in [6.45, 7) is 4.97. The molecule has 0 saturated carbocycles. The van der Waals surface area contributed by atoms with Crippen LogP contribution in [0.3, 0.4) is 0 Å². The van der Waals surface area contributed by atoms with Gasteiger partial charge in [-0.3, -0.25) is 0 Å². The molecular weight excluding hydrogens is 438 g/mol. The van der Waals surface area contributed by atoms with Crippen molar-refractivity contribution in [2.24, 2.45) is 0 Å². The minimum absolute atomic E-state index is 0.0549. The van der Waals surface area contributed by atoms with E-state index in [4.69, 9.17) is 9.97 Å². The number of imidazole rings is 1. The molecule has 1 aliphatic heterocycles. The summed E-state index contributed by atoms with van der Waals surface area (Å²) >= 11 is 0. The fourth-order valence-electron chi connectivity index (χ4n) is 4.52. The van der Waals surface area contributed by atoms with E-state index < -0.39 is 0 Å². The Morgan fingerprint density at radius 3 is 2.57 bits per heavy atom. The van der Waals surface area contributed by atoms with Gasteiger partial charge in [-0.25, -0.2) is 9.97 Å². The van der Waals surface area contributed by atoms with Crippen molar-refractivity contribution >= 4 is 17.5 Å². The van der Waals surface area contributed by atoms with Gasteiger partial charge in [0.25, 0.3) is 0 Å². The second-order valence-electron chi connectivity index (χ2n) is 8.93. The molecule has 35 heavy (non-hydrogen) atoms. The van der Waals surface area contributed by atoms with Gasteiger partial charge in [-0.05, 0) is 43.8 Å². The molecular formula is C27H31N7O. The predicted octanol–water partition coefficient (Wildman–Crippen LogP) is 3.70. The van der Waals surface area contributed by atoms with Crippen LogP contribution < -0.4 is 10.2 Å². The number of benzene rings is 2. The Morgan fingerprint density at radius 1 is 1.06 bits per heavy atom. The Labute approximate surface area is 205 Å². The summed E-state index contributed by atoms with van der Waals surface area (Å²) < 4.78 is 2.05. The molecule has 2 N–H and O–H groups in total. The number of likely N-dealkylation sites (N-methyl/N-ethyl adjacent to an activating group) is 1. The lowest BCUT2D eigenvalue weighted by atomic mass is 10.1. The average molecular weight is 470 g/mol. The van der Waals surface area contributed by atoms with Gasteiger partial charge in [-0.15, -0.1) is 0 Å². The summed E-state index contributed by atoms with van der Waals surface area (Å²) in [5.74, 6) is 2.40. The van der Waals surface area contributed by atoms with Crippen molar-refractivity contribution < 1.29 is 5.11 Å². The van der Waals surface area contributed by atoms with E-state index in [0.717, 1.165) is 53.8 Å². The molecule has 0 spiro atoms. The molecule has 0 unspecified atom stereocenters. The Balaban J connectivity index is 1.46. The molecule has 4 aromatic rings. The van der Waals surface area contributed by atoms with E-state index in [1.165, 1.54) is 5.56 Å². The summed E-state index contributed by atoms with van der Waals surface area (Å²) in [6, 6.07) is 18.5. The zero-order valence-electron chi connectivity index (χ0n) is 20.2. The van der Waals surface area contributed by atoms with Crippen molar-refractivity contribution in [2.75, 3.05) is 37.0 Å². The molecule has 0 amide bonds. The Kier molecular flexibility index (Phi) is 6.74. The summed E-state index contributed by atoms with van der Waals surface area (Å²) in [5, 5.41) is 13.2. The number of nitrogens with zero attached hydrogens (tertiary/aromatic N) is 6. The third kappa shape index (κ3) is 5.18. The molecule has 5 rings (SSSR count). The number of aryl methyl sites for hydroxylation is 1. The molecule has 2 aromatic carbocycles. The van der Waals surface area contributed by atoms with Crippen molar-refractivity contribution in [2.45, 2.75) is 26.4 Å². The first-order chi connectivity index (χ1) is 17.1. The highest BCUT2D eigenvalue weighted by molar-refractivity contribution is 5.60. The zero-order chi connectivity index (χ0) is 24.2. The zero-order valence-corrected chi connectivity index (χ0v) is 20.2. The van der Waals surface area contributed by atoms with Crippen LogP contribution in [-0.4, -0.2) is 56.3 Å². The standard InChI is InChI=1S/C27H31N7O/c1-20-28-13-15-34(20)23-10-8-22(9-11-23)29-27-30-25-12-14-32(2)19-24(25)26(31-27)33(16-17-35)18-21-6-4-3-5-7-21/h3-11,13,15,35H,12,14,16-19H2,1-2H3,(H,29,30,31). The van der Waals surface area contributed by atoms with E-state index in [1.54, 1.807) is 6.20 Å². The van der Waals surface area contributed by atoms with Gasteiger partial charge in [0.2, 0.25) is 5.95 Å². The van der Waals surface area contributed by atoms with Gasteiger partial charge in [0, 0.05) is 61.9 Å². The SMILES string of the molecule is Cc1nccn1-c1ccc(Nc2nc3c(c(N(CCO)Cc4ccccc4)n2)CN(C)CC3)cc1. The lowest BCUT2D eigenvalue weighted by Crippen LogP contribution is -2.33. The largest absolute Gasteiger partial charge is 0.395 e. The number of fused-ring (bicyclic) bond motifs is 1. The molecule has 0 radical (unpaired) electrons. The van der Waals surface area contributed by atoms with Crippen LogP contribution in [0, 0.1) is 6.92 Å². The maximum Gasteiger partial charge on any atom is 0.229 e. The smallest absolute Gasteiger partial charge is 0.229 e. The third-order valence-electron chi connectivity index (χ3n) is 6.34. The first-order valence-corrected chi connectivity index (χ1v) is 12.0. The fraction of sp³-hybridized carbons (Fsp3) is 0.296. The molecule has 0 saturated heterocycles. The molecule has 180 valence electrons. The summed E-state index contributed by atoms with van der Waals surface area (Å²) in [5.41, 5.74) is 5.36. The van der Waals surface area contributed by atoms with Gasteiger partial charge in [0.15, 0.2) is 0 Å². The maximum atomic E-state index is 9.84. The van der Waals surface area contributed by atoms with Crippen LogP contribution in [-0.2, 0) is 19.5 Å². The van der Waals surface area contributed by atoms with Gasteiger partial charge in [-0.2, -0.15) is 4.98 Å². The van der Waals surface area contributed by atoms with Crippen LogP contribution >= 0.6 is 0 Å². The molecule has 0 aliphatic carbocycles. The molecule has 2 aromatic heterocycles. The quantitative estimate of drug-likeness (QED) is 0.407. The third-order valence-corrected chi connectivity index (χ3v) is 6.34. The summed E-state index contributed by atoms with van der Waals surface area (Å²) in [4.78, 5) is 18.6. The van der Waals surface area contributed by atoms with Crippen molar-refractivity contribution in [3.8, 4) is 5.69 Å². The normalized spacial score (nSPS) is 13.5. The van der Waals surface area contributed by atoms with Crippen LogP contribution in [0.2, 0.25) is 0 Å². The number of anilines is 3. The van der Waals surface area contributed by atoms with Gasteiger partial charge >= 0.3 is 0 Å². The van der Waals surface area contributed by atoms with E-state index in [1.807, 2.05) is 48.0 Å². The molecule has 1 aliphatic rings. The lowest BCUT2D eigenvalue weighted by Gasteiger charge is -2.31. The molecule has 0 fully saturated rings. The van der Waals surface area contributed by atoms with E-state index in [2.05, 4.69) is 51.4 Å². The first-order valence-electron chi connectivity index (χ1n) is 12.0. The molecule has 8 nitrogen and oxygen atoms in total. The Morgan fingerprint density at radius 2 is 1.86 bits per heavy atom. The number of aromatic nitrogens is 4.